The minimum Gasteiger partial charge on any atom is -0.461 e. The van der Waals surface area contributed by atoms with Gasteiger partial charge in [0, 0.05) is 49.0 Å². The first-order chi connectivity index (χ1) is 22.3. The van der Waals surface area contributed by atoms with Gasteiger partial charge in [0.05, 0.1) is 33.4 Å². The van der Waals surface area contributed by atoms with Crippen LogP contribution in [0.4, 0.5) is 37.2 Å². The van der Waals surface area contributed by atoms with Crippen LogP contribution in [0.2, 0.25) is 0 Å². The van der Waals surface area contributed by atoms with Gasteiger partial charge in [0.15, 0.2) is 5.83 Å². The minimum absolute atomic E-state index is 0.0336. The molecule has 1 aromatic carbocycles. The highest BCUT2D eigenvalue weighted by molar-refractivity contribution is 7.23. The first kappa shape index (κ1) is 30.7. The smallest absolute Gasteiger partial charge is 0.398 e. The molecule has 8 nitrogen and oxygen atoms in total. The Balaban J connectivity index is 1.32. The second kappa shape index (κ2) is 10.4. The molecule has 7 heterocycles. The van der Waals surface area contributed by atoms with Gasteiger partial charge >= 0.3 is 12.2 Å². The van der Waals surface area contributed by atoms with Crippen molar-refractivity contribution in [2.45, 2.75) is 69.1 Å². The summed E-state index contributed by atoms with van der Waals surface area (Å²) in [6, 6.07) is 3.64. The maximum Gasteiger partial charge on any atom is 0.398 e. The number of nitriles is 1. The van der Waals surface area contributed by atoms with E-state index in [4.69, 9.17) is 15.2 Å². The number of anilines is 2. The van der Waals surface area contributed by atoms with E-state index >= 15 is 17.6 Å². The third-order valence-corrected chi connectivity index (χ3v) is 11.6. The molecule has 9 rings (SSSR count). The average molecular weight is 677 g/mol. The number of aromatic nitrogens is 2. The second-order valence-corrected chi connectivity index (χ2v) is 14.5. The summed E-state index contributed by atoms with van der Waals surface area (Å²) < 4.78 is 104. The van der Waals surface area contributed by atoms with Crippen LogP contribution in [0.15, 0.2) is 12.1 Å². The highest BCUT2D eigenvalue weighted by Crippen LogP contribution is 2.59. The number of piperidine rings is 1. The molecule has 0 radical (unpaired) electrons. The van der Waals surface area contributed by atoms with Gasteiger partial charge in [-0.05, 0) is 44.4 Å². The van der Waals surface area contributed by atoms with E-state index < -0.39 is 46.9 Å². The molecule has 2 bridgehead atoms. The van der Waals surface area contributed by atoms with Gasteiger partial charge in [-0.15, -0.1) is 11.3 Å². The number of nitrogens with two attached hydrogens (primary N) is 1. The summed E-state index contributed by atoms with van der Waals surface area (Å²) in [7, 11) is 0. The number of hydrogen-bond donors (Lipinski definition) is 1. The Morgan fingerprint density at radius 3 is 2.64 bits per heavy atom. The van der Waals surface area contributed by atoms with Crippen molar-refractivity contribution in [3.8, 4) is 12.1 Å². The topological polar surface area (TPSA) is 101 Å². The van der Waals surface area contributed by atoms with Crippen molar-refractivity contribution in [1.29, 1.82) is 5.26 Å². The van der Waals surface area contributed by atoms with Crippen molar-refractivity contribution in [3.63, 3.8) is 0 Å². The molecule has 248 valence electrons. The molecular formula is C32H30F6N6O2S. The zero-order valence-corrected chi connectivity index (χ0v) is 26.1. The molecule has 2 aromatic heterocycles. The van der Waals surface area contributed by atoms with Crippen LogP contribution in [-0.4, -0.2) is 77.7 Å². The summed E-state index contributed by atoms with van der Waals surface area (Å²) in [6.07, 6.45) is -4.35. The SMILES string of the molecule is CC1(C(F)(F)F)Cc2c(nc(OC[C@@]34CCCN3C[C@H](F)C4)nc2N2CC3CC(C2)O3)C(F)=C1c1ccc(F)c2sc(N)c(C#N)c12. The van der Waals surface area contributed by atoms with Crippen LogP contribution in [0.5, 0.6) is 6.01 Å². The van der Waals surface area contributed by atoms with E-state index in [0.29, 0.717) is 30.8 Å². The van der Waals surface area contributed by atoms with Crippen molar-refractivity contribution in [2.24, 2.45) is 5.41 Å². The first-order valence-corrected chi connectivity index (χ1v) is 16.3. The fraction of sp³-hybridized carbons (Fsp3) is 0.531. The molecule has 0 saturated carbocycles. The van der Waals surface area contributed by atoms with Crippen molar-refractivity contribution in [1.82, 2.24) is 14.9 Å². The Hall–Kier alpha value is -3.61. The molecule has 3 aromatic rings. The quantitative estimate of drug-likeness (QED) is 0.320. The van der Waals surface area contributed by atoms with Gasteiger partial charge in [-0.2, -0.15) is 28.4 Å². The molecule has 47 heavy (non-hydrogen) atoms. The number of morpholine rings is 1. The summed E-state index contributed by atoms with van der Waals surface area (Å²) in [4.78, 5) is 12.8. The molecule has 5 aliphatic heterocycles. The van der Waals surface area contributed by atoms with E-state index in [2.05, 4.69) is 9.97 Å². The Morgan fingerprint density at radius 1 is 1.19 bits per heavy atom. The number of rotatable bonds is 5. The van der Waals surface area contributed by atoms with Crippen LogP contribution in [-0.2, 0) is 11.2 Å². The normalized spacial score (nSPS) is 30.3. The number of thiophene rings is 1. The molecule has 2 N–H and O–H groups in total. The van der Waals surface area contributed by atoms with Crippen LogP contribution in [0.25, 0.3) is 21.5 Å². The molecule has 5 atom stereocenters. The van der Waals surface area contributed by atoms with Crippen LogP contribution in [0, 0.1) is 22.6 Å². The van der Waals surface area contributed by atoms with Crippen LogP contribution >= 0.6 is 11.3 Å². The van der Waals surface area contributed by atoms with Gasteiger partial charge in [0.25, 0.3) is 0 Å². The van der Waals surface area contributed by atoms with Crippen molar-refractivity contribution >= 4 is 43.6 Å². The fourth-order valence-corrected chi connectivity index (χ4v) is 9.22. The van der Waals surface area contributed by atoms with E-state index in [1.165, 1.54) is 0 Å². The highest BCUT2D eigenvalue weighted by Gasteiger charge is 2.59. The van der Waals surface area contributed by atoms with Gasteiger partial charge in [-0.3, -0.25) is 4.90 Å². The summed E-state index contributed by atoms with van der Waals surface area (Å²) in [5, 5.41) is 9.58. The number of benzene rings is 1. The largest absolute Gasteiger partial charge is 0.461 e. The van der Waals surface area contributed by atoms with Crippen molar-refractivity contribution < 1.29 is 35.8 Å². The lowest BCUT2D eigenvalue weighted by Gasteiger charge is -2.48. The van der Waals surface area contributed by atoms with E-state index in [9.17, 15) is 14.0 Å². The van der Waals surface area contributed by atoms with Crippen LogP contribution in [0.3, 0.4) is 0 Å². The summed E-state index contributed by atoms with van der Waals surface area (Å²) in [6.45, 7) is 2.64. The number of alkyl halides is 4. The van der Waals surface area contributed by atoms with Gasteiger partial charge in [-0.25, -0.2) is 13.2 Å². The maximum absolute atomic E-state index is 17.2. The predicted octanol–water partition coefficient (Wildman–Crippen LogP) is 6.18. The Bertz CT molecular complexity index is 1880. The lowest BCUT2D eigenvalue weighted by Crippen LogP contribution is -2.58. The number of nitrogen functional groups attached to an aromatic ring is 1. The summed E-state index contributed by atoms with van der Waals surface area (Å²) >= 11 is 0.715. The Labute approximate surface area is 269 Å². The fourth-order valence-electron chi connectivity index (χ4n) is 8.27. The molecule has 5 fully saturated rings. The molecular weight excluding hydrogens is 646 g/mol. The van der Waals surface area contributed by atoms with Crippen molar-refractivity contribution in [3.05, 3.63) is 40.3 Å². The molecule has 1 aliphatic carbocycles. The Kier molecular flexibility index (Phi) is 6.82. The second-order valence-electron chi connectivity index (χ2n) is 13.5. The number of fused-ring (bicyclic) bond motifs is 5. The molecule has 6 aliphatic rings. The molecule has 15 heteroatoms. The standard InChI is InChI=1S/C32H30F6N6O2S/c1-30(32(36,37)38)9-19-25(24(35)23(30)18-3-4-21(34)26-22(18)20(10-39)27(40)47-26)41-29(42-28(19)43-12-16-7-17(13-43)46-16)45-14-31-5-2-6-44(31)11-15(33)8-31/h3-4,15-17H,2,5-9,11-14,40H2,1H3/t15-,16?,17?,30?,31+/m1/s1. The van der Waals surface area contributed by atoms with Crippen LogP contribution < -0.4 is 15.4 Å². The summed E-state index contributed by atoms with van der Waals surface area (Å²) in [5.41, 5.74) is 0.910. The van der Waals surface area contributed by atoms with Gasteiger partial charge in [0.1, 0.15) is 41.2 Å². The lowest BCUT2D eigenvalue weighted by molar-refractivity contribution is -0.195. The van der Waals surface area contributed by atoms with E-state index in [0.717, 1.165) is 38.4 Å². The van der Waals surface area contributed by atoms with Gasteiger partial charge < -0.3 is 20.1 Å². The average Bonchev–Trinajstić information content (AvgIpc) is 3.65. The zero-order chi connectivity index (χ0) is 33.0. The third-order valence-electron chi connectivity index (χ3n) is 10.6. The molecule has 3 unspecified atom stereocenters. The third kappa shape index (κ3) is 4.54. The predicted molar refractivity (Wildman–Crippen MR) is 163 cm³/mol. The molecule has 0 amide bonds. The summed E-state index contributed by atoms with van der Waals surface area (Å²) in [5.74, 6) is -1.93. The number of hydrogen-bond acceptors (Lipinski definition) is 9. The first-order valence-electron chi connectivity index (χ1n) is 15.5. The lowest BCUT2D eigenvalue weighted by atomic mass is 9.68. The van der Waals surface area contributed by atoms with E-state index in [1.54, 1.807) is 4.90 Å². The van der Waals surface area contributed by atoms with E-state index in [-0.39, 0.29) is 81.1 Å². The number of allylic oxidation sites excluding steroid dienone is 1. The highest BCUT2D eigenvalue weighted by atomic mass is 32.1. The number of nitrogens with zero attached hydrogens (tertiary/aromatic N) is 5. The molecule has 5 saturated heterocycles. The van der Waals surface area contributed by atoms with Gasteiger partial charge in [-0.1, -0.05) is 6.07 Å². The van der Waals surface area contributed by atoms with Crippen molar-refractivity contribution in [2.75, 3.05) is 43.4 Å². The maximum atomic E-state index is 17.2. The van der Waals surface area contributed by atoms with Crippen LogP contribution in [0.1, 0.15) is 55.0 Å². The van der Waals surface area contributed by atoms with Gasteiger partial charge in [0.2, 0.25) is 0 Å². The number of halogens is 6. The Morgan fingerprint density at radius 2 is 1.94 bits per heavy atom. The molecule has 0 spiro atoms. The number of ether oxygens (including phenoxy) is 2. The zero-order valence-electron chi connectivity index (χ0n) is 25.3. The minimum atomic E-state index is -4.98. The van der Waals surface area contributed by atoms with E-state index in [1.807, 2.05) is 11.0 Å². The monoisotopic (exact) mass is 676 g/mol.